The van der Waals surface area contributed by atoms with E-state index < -0.39 is 0 Å². The lowest BCUT2D eigenvalue weighted by atomic mass is 10.1. The van der Waals surface area contributed by atoms with Crippen LogP contribution in [0, 0.1) is 0 Å². The van der Waals surface area contributed by atoms with Gasteiger partial charge < -0.3 is 15.0 Å². The van der Waals surface area contributed by atoms with Crippen molar-refractivity contribution in [1.29, 1.82) is 0 Å². The highest BCUT2D eigenvalue weighted by atomic mass is 16.5. The summed E-state index contributed by atoms with van der Waals surface area (Å²) in [4.78, 5) is 13.8. The first-order valence-corrected chi connectivity index (χ1v) is 5.82. The van der Waals surface area contributed by atoms with Gasteiger partial charge in [0.05, 0.1) is 13.2 Å². The quantitative estimate of drug-likeness (QED) is 0.843. The third-order valence-corrected chi connectivity index (χ3v) is 2.99. The molecule has 0 radical (unpaired) electrons. The molecule has 1 aliphatic heterocycles. The highest BCUT2D eigenvalue weighted by molar-refractivity contribution is 5.96. The summed E-state index contributed by atoms with van der Waals surface area (Å²) in [6.07, 6.45) is 0.943. The van der Waals surface area contributed by atoms with Crippen LogP contribution in [-0.2, 0) is 22.6 Å². The molecule has 4 heteroatoms. The first-order valence-electron chi connectivity index (χ1n) is 5.82. The second-order valence-corrected chi connectivity index (χ2v) is 4.22. The molecule has 0 spiro atoms. The van der Waals surface area contributed by atoms with Crippen molar-refractivity contribution in [2.24, 2.45) is 0 Å². The summed E-state index contributed by atoms with van der Waals surface area (Å²) in [7, 11) is 3.47. The number of anilines is 1. The Hall–Kier alpha value is -1.39. The highest BCUT2D eigenvalue weighted by Gasteiger charge is 2.24. The summed E-state index contributed by atoms with van der Waals surface area (Å²) < 4.78 is 5.12. The largest absolute Gasteiger partial charge is 0.380 e. The molecule has 0 aromatic heterocycles. The fourth-order valence-electron chi connectivity index (χ4n) is 2.19. The van der Waals surface area contributed by atoms with Gasteiger partial charge in [0.2, 0.25) is 5.91 Å². The van der Waals surface area contributed by atoms with E-state index in [1.165, 1.54) is 5.56 Å². The molecule has 1 aromatic carbocycles. The van der Waals surface area contributed by atoms with E-state index in [-0.39, 0.29) is 5.91 Å². The zero-order valence-corrected chi connectivity index (χ0v) is 10.3. The average Bonchev–Trinajstić information content (AvgIpc) is 2.73. The Balaban J connectivity index is 2.22. The smallest absolute Gasteiger partial charge is 0.240 e. The molecule has 4 nitrogen and oxygen atoms in total. The van der Waals surface area contributed by atoms with Crippen molar-refractivity contribution in [2.75, 3.05) is 32.1 Å². The van der Waals surface area contributed by atoms with Crippen LogP contribution in [0.4, 0.5) is 5.69 Å². The molecule has 0 unspecified atom stereocenters. The molecule has 1 aromatic rings. The number of hydrogen-bond acceptors (Lipinski definition) is 3. The average molecular weight is 234 g/mol. The van der Waals surface area contributed by atoms with Gasteiger partial charge in [0.1, 0.15) is 0 Å². The number of fused-ring (bicyclic) bond motifs is 1. The third-order valence-electron chi connectivity index (χ3n) is 2.99. The SMILES string of the molecule is CNCC(=O)N1CCc2ccc(COC)cc21. The number of nitrogens with zero attached hydrogens (tertiary/aromatic N) is 1. The lowest BCUT2D eigenvalue weighted by molar-refractivity contribution is -0.117. The maximum absolute atomic E-state index is 11.9. The summed E-state index contributed by atoms with van der Waals surface area (Å²) >= 11 is 0. The summed E-state index contributed by atoms with van der Waals surface area (Å²) in [5, 5.41) is 2.90. The van der Waals surface area contributed by atoms with E-state index in [2.05, 4.69) is 23.5 Å². The number of nitrogens with one attached hydrogen (secondary N) is 1. The monoisotopic (exact) mass is 234 g/mol. The Morgan fingerprint density at radius 2 is 2.35 bits per heavy atom. The minimum atomic E-state index is 0.126. The molecule has 1 aliphatic rings. The van der Waals surface area contributed by atoms with Crippen molar-refractivity contribution in [3.8, 4) is 0 Å². The van der Waals surface area contributed by atoms with E-state index in [1.807, 2.05) is 4.90 Å². The van der Waals surface area contributed by atoms with E-state index in [4.69, 9.17) is 4.74 Å². The second kappa shape index (κ2) is 5.29. The van der Waals surface area contributed by atoms with Gasteiger partial charge in [-0.05, 0) is 30.7 Å². The third kappa shape index (κ3) is 2.48. The molecule has 0 saturated carbocycles. The summed E-state index contributed by atoms with van der Waals surface area (Å²) in [6.45, 7) is 1.75. The van der Waals surface area contributed by atoms with Crippen LogP contribution in [0.3, 0.4) is 0 Å². The first-order chi connectivity index (χ1) is 8.26. The molecule has 92 valence electrons. The Bertz CT molecular complexity index is 418. The van der Waals surface area contributed by atoms with Crippen molar-refractivity contribution in [3.63, 3.8) is 0 Å². The van der Waals surface area contributed by atoms with Gasteiger partial charge in [0, 0.05) is 19.3 Å². The number of carbonyl (C=O) groups excluding carboxylic acids is 1. The predicted octanol–water partition coefficient (Wildman–Crippen LogP) is 0.941. The van der Waals surface area contributed by atoms with Crippen LogP contribution in [0.1, 0.15) is 11.1 Å². The van der Waals surface area contributed by atoms with Crippen LogP contribution in [0.25, 0.3) is 0 Å². The first kappa shape index (κ1) is 12.1. The highest BCUT2D eigenvalue weighted by Crippen LogP contribution is 2.29. The number of amides is 1. The standard InChI is InChI=1S/C13H18N2O2/c1-14-8-13(16)15-6-5-11-4-3-10(9-17-2)7-12(11)15/h3-4,7,14H,5-6,8-9H2,1-2H3. The number of ether oxygens (including phenoxy) is 1. The molecule has 0 atom stereocenters. The van der Waals surface area contributed by atoms with E-state index in [9.17, 15) is 4.79 Å². The fraction of sp³-hybridized carbons (Fsp3) is 0.462. The van der Waals surface area contributed by atoms with E-state index >= 15 is 0 Å². The normalized spacial score (nSPS) is 13.9. The summed E-state index contributed by atoms with van der Waals surface area (Å²) in [5.74, 6) is 0.126. The Morgan fingerprint density at radius 3 is 3.06 bits per heavy atom. The number of benzene rings is 1. The van der Waals surface area contributed by atoms with Gasteiger partial charge in [0.15, 0.2) is 0 Å². The van der Waals surface area contributed by atoms with Crippen LogP contribution in [-0.4, -0.2) is 33.2 Å². The Morgan fingerprint density at radius 1 is 1.53 bits per heavy atom. The lowest BCUT2D eigenvalue weighted by Crippen LogP contribution is -2.35. The van der Waals surface area contributed by atoms with E-state index in [1.54, 1.807) is 14.2 Å². The zero-order valence-electron chi connectivity index (χ0n) is 10.3. The molecule has 0 fully saturated rings. The van der Waals surface area contributed by atoms with Gasteiger partial charge in [0.25, 0.3) is 0 Å². The molecular weight excluding hydrogens is 216 g/mol. The minimum absolute atomic E-state index is 0.126. The van der Waals surface area contributed by atoms with Gasteiger partial charge >= 0.3 is 0 Å². The number of likely N-dealkylation sites (N-methyl/N-ethyl adjacent to an activating group) is 1. The van der Waals surface area contributed by atoms with Crippen molar-refractivity contribution in [1.82, 2.24) is 5.32 Å². The van der Waals surface area contributed by atoms with Crippen LogP contribution in [0.5, 0.6) is 0 Å². The Kier molecular flexibility index (Phi) is 3.76. The molecule has 17 heavy (non-hydrogen) atoms. The van der Waals surface area contributed by atoms with E-state index in [0.29, 0.717) is 13.2 Å². The Labute approximate surface area is 102 Å². The van der Waals surface area contributed by atoms with Gasteiger partial charge in [-0.15, -0.1) is 0 Å². The molecule has 0 aliphatic carbocycles. The van der Waals surface area contributed by atoms with Crippen LogP contribution >= 0.6 is 0 Å². The molecule has 1 heterocycles. The zero-order chi connectivity index (χ0) is 12.3. The van der Waals surface area contributed by atoms with Crippen LogP contribution < -0.4 is 10.2 Å². The van der Waals surface area contributed by atoms with Gasteiger partial charge in [-0.2, -0.15) is 0 Å². The molecule has 2 rings (SSSR count). The van der Waals surface area contributed by atoms with Crippen molar-refractivity contribution >= 4 is 11.6 Å². The van der Waals surface area contributed by atoms with Crippen LogP contribution in [0.2, 0.25) is 0 Å². The summed E-state index contributed by atoms with van der Waals surface area (Å²) in [5.41, 5.74) is 3.39. The van der Waals surface area contributed by atoms with Crippen molar-refractivity contribution < 1.29 is 9.53 Å². The van der Waals surface area contributed by atoms with E-state index in [0.717, 1.165) is 24.2 Å². The number of methoxy groups -OCH3 is 1. The molecule has 1 amide bonds. The number of hydrogen-bond donors (Lipinski definition) is 1. The topological polar surface area (TPSA) is 41.6 Å². The number of rotatable bonds is 4. The molecule has 1 N–H and O–H groups in total. The van der Waals surface area contributed by atoms with Gasteiger partial charge in [-0.1, -0.05) is 12.1 Å². The van der Waals surface area contributed by atoms with Gasteiger partial charge in [-0.25, -0.2) is 0 Å². The maximum Gasteiger partial charge on any atom is 0.240 e. The van der Waals surface area contributed by atoms with Gasteiger partial charge in [-0.3, -0.25) is 4.79 Å². The second-order valence-electron chi connectivity index (χ2n) is 4.22. The lowest BCUT2D eigenvalue weighted by Gasteiger charge is -2.17. The van der Waals surface area contributed by atoms with Crippen molar-refractivity contribution in [3.05, 3.63) is 29.3 Å². The molecule has 0 bridgehead atoms. The molecular formula is C13H18N2O2. The van der Waals surface area contributed by atoms with Crippen molar-refractivity contribution in [2.45, 2.75) is 13.0 Å². The minimum Gasteiger partial charge on any atom is -0.380 e. The van der Waals surface area contributed by atoms with Crippen LogP contribution in [0.15, 0.2) is 18.2 Å². The maximum atomic E-state index is 11.9. The number of carbonyl (C=O) groups is 1. The summed E-state index contributed by atoms with van der Waals surface area (Å²) in [6, 6.07) is 6.21. The fourth-order valence-corrected chi connectivity index (χ4v) is 2.19. The predicted molar refractivity (Wildman–Crippen MR) is 67.1 cm³/mol. The molecule has 0 saturated heterocycles.